The summed E-state index contributed by atoms with van der Waals surface area (Å²) in [6.07, 6.45) is 2.85. The van der Waals surface area contributed by atoms with E-state index in [1.54, 1.807) is 0 Å². The second-order valence-electron chi connectivity index (χ2n) is 8.26. The molecular formula is C21H34N2O3. The Labute approximate surface area is 157 Å². The lowest BCUT2D eigenvalue weighted by Crippen LogP contribution is -2.43. The Balaban J connectivity index is 2.91. The number of nitrogens with two attached hydrogens (primary N) is 1. The van der Waals surface area contributed by atoms with E-state index in [2.05, 4.69) is 17.6 Å². The lowest BCUT2D eigenvalue weighted by Gasteiger charge is -2.29. The first-order valence-electron chi connectivity index (χ1n) is 9.41. The van der Waals surface area contributed by atoms with Gasteiger partial charge in [-0.05, 0) is 57.9 Å². The van der Waals surface area contributed by atoms with Crippen LogP contribution in [0.4, 0.5) is 0 Å². The third-order valence-corrected chi connectivity index (χ3v) is 4.22. The molecule has 0 aliphatic carbocycles. The standard InChI is InChI=1S/C21H34N2O3/c1-15(2)14-18(19(24)23-22)17(20(25)26-21(3,4)5)13-9-12-16-10-7-6-8-11-16/h6-8,10-11,15,17-18H,9,12-14,22H2,1-5H3,(H,23,24)/t17?,18-/m1/s1. The fourth-order valence-corrected chi connectivity index (χ4v) is 3.10. The molecule has 0 aliphatic rings. The summed E-state index contributed by atoms with van der Waals surface area (Å²) in [7, 11) is 0. The Morgan fingerprint density at radius 3 is 2.23 bits per heavy atom. The average Bonchev–Trinajstić information content (AvgIpc) is 2.55. The third kappa shape index (κ3) is 8.00. The van der Waals surface area contributed by atoms with E-state index in [4.69, 9.17) is 10.6 Å². The molecule has 0 radical (unpaired) electrons. The predicted molar refractivity (Wildman–Crippen MR) is 104 cm³/mol. The number of benzene rings is 1. The Morgan fingerprint density at radius 2 is 1.73 bits per heavy atom. The molecule has 2 atom stereocenters. The minimum atomic E-state index is -0.587. The number of amides is 1. The molecule has 3 N–H and O–H groups in total. The predicted octanol–water partition coefficient (Wildman–Crippen LogP) is 3.62. The number of ether oxygens (including phenoxy) is 1. The SMILES string of the molecule is CC(C)C[C@@H](C(=O)NN)C(CCCc1ccccc1)C(=O)OC(C)(C)C. The van der Waals surface area contributed by atoms with E-state index < -0.39 is 17.4 Å². The first-order chi connectivity index (χ1) is 12.1. The molecule has 146 valence electrons. The van der Waals surface area contributed by atoms with Gasteiger partial charge in [0, 0.05) is 0 Å². The van der Waals surface area contributed by atoms with Gasteiger partial charge in [-0.15, -0.1) is 0 Å². The molecule has 1 rings (SSSR count). The Kier molecular flexibility index (Phi) is 8.79. The lowest BCUT2D eigenvalue weighted by molar-refractivity contribution is -0.164. The van der Waals surface area contributed by atoms with E-state index in [9.17, 15) is 9.59 Å². The van der Waals surface area contributed by atoms with Crippen molar-refractivity contribution in [1.82, 2.24) is 5.43 Å². The maximum absolute atomic E-state index is 12.8. The first-order valence-corrected chi connectivity index (χ1v) is 9.41. The molecule has 1 amide bonds. The van der Waals surface area contributed by atoms with Crippen LogP contribution in [0.2, 0.25) is 0 Å². The van der Waals surface area contributed by atoms with Gasteiger partial charge in [-0.3, -0.25) is 15.0 Å². The van der Waals surface area contributed by atoms with Crippen molar-refractivity contribution in [3.05, 3.63) is 35.9 Å². The van der Waals surface area contributed by atoms with Crippen LogP contribution in [0.5, 0.6) is 0 Å². The summed E-state index contributed by atoms with van der Waals surface area (Å²) in [6.45, 7) is 9.59. The van der Waals surface area contributed by atoms with Gasteiger partial charge in [0.15, 0.2) is 0 Å². The lowest BCUT2D eigenvalue weighted by atomic mass is 9.81. The molecular weight excluding hydrogens is 328 g/mol. The summed E-state index contributed by atoms with van der Waals surface area (Å²) >= 11 is 0. The quantitative estimate of drug-likeness (QED) is 0.304. The zero-order valence-corrected chi connectivity index (χ0v) is 16.7. The summed E-state index contributed by atoms with van der Waals surface area (Å²) < 4.78 is 5.60. The second-order valence-corrected chi connectivity index (χ2v) is 8.26. The highest BCUT2D eigenvalue weighted by Crippen LogP contribution is 2.28. The third-order valence-electron chi connectivity index (χ3n) is 4.22. The van der Waals surface area contributed by atoms with Crippen molar-refractivity contribution in [2.24, 2.45) is 23.6 Å². The monoisotopic (exact) mass is 362 g/mol. The van der Waals surface area contributed by atoms with Crippen LogP contribution in [0.25, 0.3) is 0 Å². The van der Waals surface area contributed by atoms with Crippen LogP contribution >= 0.6 is 0 Å². The Morgan fingerprint density at radius 1 is 1.12 bits per heavy atom. The number of aryl methyl sites for hydroxylation is 1. The smallest absolute Gasteiger partial charge is 0.310 e. The topological polar surface area (TPSA) is 81.4 Å². The van der Waals surface area contributed by atoms with Gasteiger partial charge in [0.1, 0.15) is 5.60 Å². The fourth-order valence-electron chi connectivity index (χ4n) is 3.10. The van der Waals surface area contributed by atoms with Crippen LogP contribution in [0.3, 0.4) is 0 Å². The zero-order chi connectivity index (χ0) is 19.7. The highest BCUT2D eigenvalue weighted by Gasteiger charge is 2.36. The van der Waals surface area contributed by atoms with Crippen molar-refractivity contribution in [2.45, 2.75) is 65.9 Å². The van der Waals surface area contributed by atoms with Gasteiger partial charge < -0.3 is 4.74 Å². The fraction of sp³-hybridized carbons (Fsp3) is 0.619. The van der Waals surface area contributed by atoms with E-state index >= 15 is 0 Å². The number of esters is 1. The average molecular weight is 363 g/mol. The summed E-state index contributed by atoms with van der Waals surface area (Å²) in [5.74, 6) is 4.06. The minimum absolute atomic E-state index is 0.274. The van der Waals surface area contributed by atoms with Crippen molar-refractivity contribution in [1.29, 1.82) is 0 Å². The molecule has 5 heteroatoms. The molecule has 1 unspecified atom stereocenters. The van der Waals surface area contributed by atoms with Gasteiger partial charge in [0.05, 0.1) is 11.8 Å². The molecule has 0 spiro atoms. The Hall–Kier alpha value is -1.88. The molecule has 1 aromatic carbocycles. The molecule has 0 aromatic heterocycles. The number of rotatable bonds is 9. The van der Waals surface area contributed by atoms with Crippen LogP contribution in [0.15, 0.2) is 30.3 Å². The highest BCUT2D eigenvalue weighted by atomic mass is 16.6. The van der Waals surface area contributed by atoms with Gasteiger partial charge in [0.2, 0.25) is 5.91 Å². The number of nitrogens with one attached hydrogen (secondary N) is 1. The molecule has 0 fully saturated rings. The van der Waals surface area contributed by atoms with Crippen LogP contribution in [0, 0.1) is 17.8 Å². The molecule has 1 aromatic rings. The minimum Gasteiger partial charge on any atom is -0.460 e. The van der Waals surface area contributed by atoms with Crippen LogP contribution in [-0.4, -0.2) is 17.5 Å². The van der Waals surface area contributed by atoms with Gasteiger partial charge >= 0.3 is 5.97 Å². The second kappa shape index (κ2) is 10.3. The van der Waals surface area contributed by atoms with E-state index in [1.807, 2.05) is 52.8 Å². The van der Waals surface area contributed by atoms with Crippen molar-refractivity contribution in [3.8, 4) is 0 Å². The number of hydrogen-bond donors (Lipinski definition) is 2. The zero-order valence-electron chi connectivity index (χ0n) is 16.7. The van der Waals surface area contributed by atoms with Crippen LogP contribution in [-0.2, 0) is 20.7 Å². The maximum Gasteiger partial charge on any atom is 0.310 e. The molecule has 0 saturated heterocycles. The van der Waals surface area contributed by atoms with Gasteiger partial charge in [-0.1, -0.05) is 44.2 Å². The largest absolute Gasteiger partial charge is 0.460 e. The maximum atomic E-state index is 12.8. The molecule has 0 aliphatic heterocycles. The molecule has 26 heavy (non-hydrogen) atoms. The van der Waals surface area contributed by atoms with E-state index in [0.29, 0.717) is 12.8 Å². The van der Waals surface area contributed by atoms with Gasteiger partial charge in [-0.25, -0.2) is 5.84 Å². The first kappa shape index (κ1) is 22.2. The van der Waals surface area contributed by atoms with Crippen LogP contribution in [0.1, 0.15) is 59.4 Å². The summed E-state index contributed by atoms with van der Waals surface area (Å²) in [5, 5.41) is 0. The van der Waals surface area contributed by atoms with Crippen molar-refractivity contribution >= 4 is 11.9 Å². The van der Waals surface area contributed by atoms with E-state index in [0.717, 1.165) is 12.8 Å². The molecule has 0 bridgehead atoms. The van der Waals surface area contributed by atoms with Crippen molar-refractivity contribution in [3.63, 3.8) is 0 Å². The number of carbonyl (C=O) groups excluding carboxylic acids is 2. The van der Waals surface area contributed by atoms with E-state index in [1.165, 1.54) is 5.56 Å². The summed E-state index contributed by atoms with van der Waals surface area (Å²) in [4.78, 5) is 25.1. The summed E-state index contributed by atoms with van der Waals surface area (Å²) in [6, 6.07) is 10.1. The Bertz CT molecular complexity index is 564. The summed E-state index contributed by atoms with van der Waals surface area (Å²) in [5.41, 5.74) is 2.86. The van der Waals surface area contributed by atoms with Crippen molar-refractivity contribution in [2.75, 3.05) is 0 Å². The normalized spacial score (nSPS) is 14.0. The van der Waals surface area contributed by atoms with E-state index in [-0.39, 0.29) is 17.8 Å². The van der Waals surface area contributed by atoms with Gasteiger partial charge in [-0.2, -0.15) is 0 Å². The van der Waals surface area contributed by atoms with Crippen LogP contribution < -0.4 is 11.3 Å². The molecule has 0 saturated carbocycles. The highest BCUT2D eigenvalue weighted by molar-refractivity contribution is 5.85. The molecule has 5 nitrogen and oxygen atoms in total. The number of hydrogen-bond acceptors (Lipinski definition) is 4. The van der Waals surface area contributed by atoms with Gasteiger partial charge in [0.25, 0.3) is 0 Å². The molecule has 0 heterocycles. The number of carbonyl (C=O) groups is 2. The number of hydrazine groups is 1. The van der Waals surface area contributed by atoms with Crippen molar-refractivity contribution < 1.29 is 14.3 Å².